The number of fused-ring (bicyclic) bond motifs is 1. The molecule has 5 nitrogen and oxygen atoms in total. The van der Waals surface area contributed by atoms with Crippen molar-refractivity contribution >= 4 is 11.0 Å². The summed E-state index contributed by atoms with van der Waals surface area (Å²) in [5, 5.41) is 20.8. The van der Waals surface area contributed by atoms with Crippen LogP contribution in [0, 0.1) is 0 Å². The van der Waals surface area contributed by atoms with Crippen LogP contribution >= 0.6 is 0 Å². The van der Waals surface area contributed by atoms with Crippen LogP contribution in [0.25, 0.3) is 11.0 Å². The van der Waals surface area contributed by atoms with Crippen LogP contribution in [-0.4, -0.2) is 20.5 Å². The molecule has 0 fully saturated rings. The molecule has 80 valence electrons. The van der Waals surface area contributed by atoms with Crippen molar-refractivity contribution in [2.45, 2.75) is 6.10 Å². The van der Waals surface area contributed by atoms with Crippen molar-refractivity contribution in [3.05, 3.63) is 48.0 Å². The first-order valence-corrected chi connectivity index (χ1v) is 4.87. The Morgan fingerprint density at radius 2 is 2.19 bits per heavy atom. The molecule has 1 atom stereocenters. The van der Waals surface area contributed by atoms with E-state index in [1.807, 2.05) is 24.3 Å². The number of nitrogens with zero attached hydrogens (tertiary/aromatic N) is 2. The summed E-state index contributed by atoms with van der Waals surface area (Å²) in [5.41, 5.74) is 1.19. The number of furan rings is 1. The van der Waals surface area contributed by atoms with Gasteiger partial charge in [0.2, 0.25) is 0 Å². The number of benzene rings is 1. The zero-order valence-corrected chi connectivity index (χ0v) is 8.29. The lowest BCUT2D eigenvalue weighted by Gasteiger charge is -2.01. The van der Waals surface area contributed by atoms with E-state index < -0.39 is 6.10 Å². The zero-order chi connectivity index (χ0) is 11.0. The van der Waals surface area contributed by atoms with Crippen LogP contribution in [0.1, 0.15) is 17.6 Å². The van der Waals surface area contributed by atoms with Crippen molar-refractivity contribution in [2.24, 2.45) is 0 Å². The van der Waals surface area contributed by atoms with Crippen LogP contribution < -0.4 is 0 Å². The molecular formula is C11H9N3O2. The Kier molecular flexibility index (Phi) is 1.97. The number of hydrogen-bond acceptors (Lipinski definition) is 4. The lowest BCUT2D eigenvalue weighted by Crippen LogP contribution is -1.98. The van der Waals surface area contributed by atoms with E-state index in [9.17, 15) is 5.11 Å². The molecule has 0 aliphatic rings. The molecule has 1 unspecified atom stereocenters. The van der Waals surface area contributed by atoms with Gasteiger partial charge in [-0.05, 0) is 12.1 Å². The van der Waals surface area contributed by atoms with Gasteiger partial charge in [0.1, 0.15) is 17.0 Å². The number of para-hydroxylation sites is 1. The Morgan fingerprint density at radius 1 is 1.31 bits per heavy atom. The summed E-state index contributed by atoms with van der Waals surface area (Å²) in [5.74, 6) is 0.468. The molecule has 0 saturated carbocycles. The predicted octanol–water partition coefficient (Wildman–Crippen LogP) is 1.63. The standard InChI is InChI=1S/C11H9N3O2/c15-11(8-6-12-14-13-8)10-5-7-3-1-2-4-9(7)16-10/h1-6,11,15H,(H,12,13,14). The Balaban J connectivity index is 2.06. The van der Waals surface area contributed by atoms with E-state index in [0.29, 0.717) is 11.5 Å². The fourth-order valence-corrected chi connectivity index (χ4v) is 1.63. The first-order chi connectivity index (χ1) is 7.84. The molecule has 3 aromatic rings. The van der Waals surface area contributed by atoms with Crippen LogP contribution in [-0.2, 0) is 0 Å². The summed E-state index contributed by atoms with van der Waals surface area (Å²) >= 11 is 0. The van der Waals surface area contributed by atoms with Crippen molar-refractivity contribution in [2.75, 3.05) is 0 Å². The van der Waals surface area contributed by atoms with Gasteiger partial charge in [0.25, 0.3) is 0 Å². The molecule has 2 heterocycles. The lowest BCUT2D eigenvalue weighted by atomic mass is 10.2. The van der Waals surface area contributed by atoms with Gasteiger partial charge in [-0.2, -0.15) is 15.4 Å². The highest BCUT2D eigenvalue weighted by Gasteiger charge is 2.17. The Morgan fingerprint density at radius 3 is 2.94 bits per heavy atom. The quantitative estimate of drug-likeness (QED) is 0.681. The van der Waals surface area contributed by atoms with Crippen molar-refractivity contribution < 1.29 is 9.52 Å². The summed E-state index contributed by atoms with van der Waals surface area (Å²) < 4.78 is 5.52. The largest absolute Gasteiger partial charge is 0.458 e. The number of hydrogen-bond donors (Lipinski definition) is 2. The van der Waals surface area contributed by atoms with Crippen molar-refractivity contribution in [3.63, 3.8) is 0 Å². The van der Waals surface area contributed by atoms with Crippen LogP contribution in [0.5, 0.6) is 0 Å². The number of aromatic amines is 1. The zero-order valence-electron chi connectivity index (χ0n) is 8.29. The highest BCUT2D eigenvalue weighted by molar-refractivity contribution is 5.77. The van der Waals surface area contributed by atoms with Gasteiger partial charge in [0.05, 0.1) is 6.20 Å². The molecule has 0 saturated heterocycles. The molecule has 0 bridgehead atoms. The smallest absolute Gasteiger partial charge is 0.157 e. The minimum atomic E-state index is -0.883. The number of aliphatic hydroxyl groups excluding tert-OH is 1. The predicted molar refractivity (Wildman–Crippen MR) is 56.7 cm³/mol. The molecule has 3 rings (SSSR count). The summed E-state index contributed by atoms with van der Waals surface area (Å²) in [6, 6.07) is 9.39. The number of nitrogens with one attached hydrogen (secondary N) is 1. The summed E-state index contributed by atoms with van der Waals surface area (Å²) in [6.07, 6.45) is 0.587. The maximum absolute atomic E-state index is 9.97. The third-order valence-electron chi connectivity index (χ3n) is 2.43. The van der Waals surface area contributed by atoms with Gasteiger partial charge in [-0.15, -0.1) is 0 Å². The highest BCUT2D eigenvalue weighted by Crippen LogP contribution is 2.26. The maximum Gasteiger partial charge on any atom is 0.157 e. The van der Waals surface area contributed by atoms with Gasteiger partial charge < -0.3 is 9.52 Å². The molecule has 1 aromatic carbocycles. The van der Waals surface area contributed by atoms with E-state index in [1.54, 1.807) is 6.07 Å². The van der Waals surface area contributed by atoms with Crippen LogP contribution in [0.15, 0.2) is 40.9 Å². The Hall–Kier alpha value is -2.14. The average Bonchev–Trinajstić information content (AvgIpc) is 2.97. The number of rotatable bonds is 2. The molecule has 2 N–H and O–H groups in total. The minimum Gasteiger partial charge on any atom is -0.458 e. The van der Waals surface area contributed by atoms with E-state index in [0.717, 1.165) is 11.0 Å². The van der Waals surface area contributed by atoms with Gasteiger partial charge in [-0.3, -0.25) is 0 Å². The minimum absolute atomic E-state index is 0.444. The van der Waals surface area contributed by atoms with Gasteiger partial charge in [0.15, 0.2) is 6.10 Å². The molecule has 2 aromatic heterocycles. The first kappa shape index (κ1) is 9.11. The molecule has 0 spiro atoms. The van der Waals surface area contributed by atoms with Crippen LogP contribution in [0.2, 0.25) is 0 Å². The second-order valence-electron chi connectivity index (χ2n) is 3.48. The van der Waals surface area contributed by atoms with Crippen LogP contribution in [0.3, 0.4) is 0 Å². The van der Waals surface area contributed by atoms with E-state index >= 15 is 0 Å². The third-order valence-corrected chi connectivity index (χ3v) is 2.43. The number of H-pyrrole nitrogens is 1. The first-order valence-electron chi connectivity index (χ1n) is 4.87. The Bertz CT molecular complexity index is 568. The molecule has 5 heteroatoms. The van der Waals surface area contributed by atoms with E-state index in [1.165, 1.54) is 6.20 Å². The number of aliphatic hydroxyl groups is 1. The van der Waals surface area contributed by atoms with E-state index in [-0.39, 0.29) is 0 Å². The highest BCUT2D eigenvalue weighted by atomic mass is 16.4. The maximum atomic E-state index is 9.97. The second-order valence-corrected chi connectivity index (χ2v) is 3.48. The molecular weight excluding hydrogens is 206 g/mol. The molecule has 16 heavy (non-hydrogen) atoms. The second kappa shape index (κ2) is 3.46. The van der Waals surface area contributed by atoms with E-state index in [4.69, 9.17) is 4.42 Å². The van der Waals surface area contributed by atoms with Crippen LogP contribution in [0.4, 0.5) is 0 Å². The lowest BCUT2D eigenvalue weighted by molar-refractivity contribution is 0.187. The fourth-order valence-electron chi connectivity index (χ4n) is 1.63. The van der Waals surface area contributed by atoms with Gasteiger partial charge in [-0.1, -0.05) is 18.2 Å². The van der Waals surface area contributed by atoms with Gasteiger partial charge in [0, 0.05) is 5.39 Å². The Labute approximate surface area is 90.7 Å². The fraction of sp³-hybridized carbons (Fsp3) is 0.0909. The van der Waals surface area contributed by atoms with Crippen molar-refractivity contribution in [1.82, 2.24) is 15.4 Å². The van der Waals surface area contributed by atoms with Gasteiger partial charge >= 0.3 is 0 Å². The average molecular weight is 215 g/mol. The molecule has 0 amide bonds. The summed E-state index contributed by atoms with van der Waals surface area (Å²) in [7, 11) is 0. The third kappa shape index (κ3) is 1.38. The summed E-state index contributed by atoms with van der Waals surface area (Å²) in [6.45, 7) is 0. The summed E-state index contributed by atoms with van der Waals surface area (Å²) in [4.78, 5) is 0. The number of aromatic nitrogens is 3. The normalized spacial score (nSPS) is 13.1. The van der Waals surface area contributed by atoms with Crippen molar-refractivity contribution in [3.8, 4) is 0 Å². The van der Waals surface area contributed by atoms with Gasteiger partial charge in [-0.25, -0.2) is 0 Å². The molecule has 0 aliphatic heterocycles. The topological polar surface area (TPSA) is 74.9 Å². The SMILES string of the molecule is OC(c1cn[nH]n1)c1cc2ccccc2o1. The van der Waals surface area contributed by atoms with Crippen molar-refractivity contribution in [1.29, 1.82) is 0 Å². The molecule has 0 radical (unpaired) electrons. The van der Waals surface area contributed by atoms with E-state index in [2.05, 4.69) is 15.4 Å². The monoisotopic (exact) mass is 215 g/mol. The molecule has 0 aliphatic carbocycles.